The van der Waals surface area contributed by atoms with E-state index in [0.29, 0.717) is 10.6 Å². The summed E-state index contributed by atoms with van der Waals surface area (Å²) in [6.07, 6.45) is 0. The van der Waals surface area contributed by atoms with Gasteiger partial charge in [-0.3, -0.25) is 4.79 Å². The molecule has 0 radical (unpaired) electrons. The van der Waals surface area contributed by atoms with Crippen LogP contribution in [-0.2, 0) is 10.0 Å². The highest BCUT2D eigenvalue weighted by atomic mass is 79.9. The highest BCUT2D eigenvalue weighted by Crippen LogP contribution is 2.25. The largest absolute Gasteiger partial charge is 0.336 e. The summed E-state index contributed by atoms with van der Waals surface area (Å²) in [6, 6.07) is 13.0. The van der Waals surface area contributed by atoms with Gasteiger partial charge in [-0.2, -0.15) is 9.57 Å². The number of piperazine rings is 1. The lowest BCUT2D eigenvalue weighted by atomic mass is 10.2. The summed E-state index contributed by atoms with van der Waals surface area (Å²) in [7, 11) is -3.79. The third-order valence-electron chi connectivity index (χ3n) is 4.31. The van der Waals surface area contributed by atoms with Crippen LogP contribution in [0.1, 0.15) is 15.9 Å². The molecule has 0 aliphatic carbocycles. The first-order valence-corrected chi connectivity index (χ1v) is 10.7. The molecule has 1 amide bonds. The lowest BCUT2D eigenvalue weighted by molar-refractivity contribution is 0.0698. The Bertz CT molecular complexity index is 1030. The Morgan fingerprint density at radius 2 is 1.78 bits per heavy atom. The monoisotopic (exact) mass is 467 g/mol. The van der Waals surface area contributed by atoms with Crippen molar-refractivity contribution in [1.82, 2.24) is 9.21 Å². The van der Waals surface area contributed by atoms with Crippen molar-refractivity contribution in [3.63, 3.8) is 0 Å². The Labute approximate surface area is 171 Å². The molecule has 140 valence electrons. The minimum absolute atomic E-state index is 0.0117. The van der Waals surface area contributed by atoms with Crippen molar-refractivity contribution in [2.24, 2.45) is 0 Å². The van der Waals surface area contributed by atoms with Crippen molar-refractivity contribution in [2.45, 2.75) is 4.90 Å². The number of hydrogen-bond acceptors (Lipinski definition) is 4. The van der Waals surface area contributed by atoms with Gasteiger partial charge in [-0.05, 0) is 30.3 Å². The first-order chi connectivity index (χ1) is 12.8. The zero-order chi connectivity index (χ0) is 19.6. The smallest absolute Gasteiger partial charge is 0.255 e. The molecule has 27 heavy (non-hydrogen) atoms. The lowest BCUT2D eigenvalue weighted by Crippen LogP contribution is -2.50. The highest BCUT2D eigenvalue weighted by molar-refractivity contribution is 9.10. The molecule has 9 heteroatoms. The number of sulfonamides is 1. The first-order valence-electron chi connectivity index (χ1n) is 8.08. The summed E-state index contributed by atoms with van der Waals surface area (Å²) in [5, 5.41) is 9.52. The molecule has 0 saturated carbocycles. The molecule has 0 N–H and O–H groups in total. The van der Waals surface area contributed by atoms with Crippen LogP contribution in [0.5, 0.6) is 0 Å². The van der Waals surface area contributed by atoms with E-state index in [1.807, 2.05) is 6.07 Å². The highest BCUT2D eigenvalue weighted by Gasteiger charge is 2.32. The summed E-state index contributed by atoms with van der Waals surface area (Å²) < 4.78 is 27.8. The van der Waals surface area contributed by atoms with E-state index in [-0.39, 0.29) is 42.5 Å². The van der Waals surface area contributed by atoms with Gasteiger partial charge in [0.2, 0.25) is 10.0 Å². The second kappa shape index (κ2) is 7.98. The molecule has 0 spiro atoms. The van der Waals surface area contributed by atoms with E-state index in [1.54, 1.807) is 35.2 Å². The van der Waals surface area contributed by atoms with Crippen LogP contribution in [0.3, 0.4) is 0 Å². The maximum atomic E-state index is 12.9. The van der Waals surface area contributed by atoms with E-state index < -0.39 is 10.0 Å². The second-order valence-electron chi connectivity index (χ2n) is 5.93. The van der Waals surface area contributed by atoms with Crippen molar-refractivity contribution >= 4 is 43.5 Å². The first kappa shape index (κ1) is 19.8. The molecule has 0 aromatic heterocycles. The van der Waals surface area contributed by atoms with Crippen LogP contribution < -0.4 is 0 Å². The van der Waals surface area contributed by atoms with E-state index in [0.717, 1.165) is 4.47 Å². The summed E-state index contributed by atoms with van der Waals surface area (Å²) in [4.78, 5) is 14.3. The molecule has 1 aliphatic heterocycles. The van der Waals surface area contributed by atoms with Gasteiger partial charge in [-0.15, -0.1) is 0 Å². The maximum Gasteiger partial charge on any atom is 0.255 e. The van der Waals surface area contributed by atoms with Gasteiger partial charge in [-0.25, -0.2) is 8.42 Å². The van der Waals surface area contributed by atoms with Crippen molar-refractivity contribution in [3.05, 3.63) is 63.1 Å². The molecule has 2 aromatic rings. The molecule has 3 rings (SSSR count). The summed E-state index contributed by atoms with van der Waals surface area (Å²) in [6.45, 7) is 0.796. The molecule has 1 aliphatic rings. The topological polar surface area (TPSA) is 81.5 Å². The molecule has 1 fully saturated rings. The number of carbonyl (C=O) groups excluding carboxylic acids is 1. The van der Waals surface area contributed by atoms with E-state index in [4.69, 9.17) is 16.9 Å². The number of amides is 1. The fraction of sp³-hybridized carbons (Fsp3) is 0.222. The normalized spacial score (nSPS) is 15.4. The maximum absolute atomic E-state index is 12.9. The van der Waals surface area contributed by atoms with Crippen LogP contribution in [-0.4, -0.2) is 49.7 Å². The van der Waals surface area contributed by atoms with Gasteiger partial charge in [-0.1, -0.05) is 39.7 Å². The average Bonchev–Trinajstić information content (AvgIpc) is 2.69. The van der Waals surface area contributed by atoms with Crippen molar-refractivity contribution in [2.75, 3.05) is 26.2 Å². The van der Waals surface area contributed by atoms with Crippen LogP contribution in [0, 0.1) is 11.3 Å². The molecular formula is C18H15BrClN3O3S. The Kier molecular flexibility index (Phi) is 5.86. The fourth-order valence-corrected chi connectivity index (χ4v) is 5.01. The van der Waals surface area contributed by atoms with E-state index >= 15 is 0 Å². The van der Waals surface area contributed by atoms with Crippen molar-refractivity contribution in [3.8, 4) is 6.07 Å². The number of benzene rings is 2. The zero-order valence-electron chi connectivity index (χ0n) is 14.1. The zero-order valence-corrected chi connectivity index (χ0v) is 17.3. The van der Waals surface area contributed by atoms with Crippen molar-refractivity contribution in [1.29, 1.82) is 5.26 Å². The molecule has 1 saturated heterocycles. The minimum Gasteiger partial charge on any atom is -0.336 e. The number of hydrogen-bond donors (Lipinski definition) is 0. The predicted octanol–water partition coefficient (Wildman–Crippen LogP) is 3.12. The van der Waals surface area contributed by atoms with Gasteiger partial charge < -0.3 is 4.90 Å². The van der Waals surface area contributed by atoms with Gasteiger partial charge in [0.1, 0.15) is 6.07 Å². The van der Waals surface area contributed by atoms with Crippen molar-refractivity contribution < 1.29 is 13.2 Å². The van der Waals surface area contributed by atoms with Gasteiger partial charge in [0.15, 0.2) is 0 Å². The molecule has 1 heterocycles. The Hall–Kier alpha value is -1.92. The molecule has 0 bridgehead atoms. The second-order valence-corrected chi connectivity index (χ2v) is 9.16. The Balaban J connectivity index is 1.76. The molecule has 6 nitrogen and oxygen atoms in total. The van der Waals surface area contributed by atoms with E-state index in [2.05, 4.69) is 15.9 Å². The SMILES string of the molecule is N#Cc1ccccc1S(=O)(=O)N1CCN(C(=O)c2cc(Br)ccc2Cl)CC1. The fourth-order valence-electron chi connectivity index (χ4n) is 2.89. The quantitative estimate of drug-likeness (QED) is 0.693. The lowest BCUT2D eigenvalue weighted by Gasteiger charge is -2.34. The average molecular weight is 469 g/mol. The van der Waals surface area contributed by atoms with Crippen LogP contribution in [0.25, 0.3) is 0 Å². The van der Waals surface area contributed by atoms with Crippen LogP contribution in [0.2, 0.25) is 5.02 Å². The number of halogens is 2. The molecule has 0 atom stereocenters. The molecule has 2 aromatic carbocycles. The van der Waals surface area contributed by atoms with Gasteiger partial charge >= 0.3 is 0 Å². The third-order valence-corrected chi connectivity index (χ3v) is 7.09. The number of rotatable bonds is 3. The predicted molar refractivity (Wildman–Crippen MR) is 105 cm³/mol. The summed E-state index contributed by atoms with van der Waals surface area (Å²) >= 11 is 9.44. The summed E-state index contributed by atoms with van der Waals surface area (Å²) in [5.41, 5.74) is 0.481. The van der Waals surface area contributed by atoms with E-state index in [1.165, 1.54) is 16.4 Å². The Morgan fingerprint density at radius 1 is 1.11 bits per heavy atom. The van der Waals surface area contributed by atoms with Gasteiger partial charge in [0.05, 0.1) is 21.0 Å². The number of nitrogens with zero attached hydrogens (tertiary/aromatic N) is 3. The van der Waals surface area contributed by atoms with Crippen LogP contribution in [0.4, 0.5) is 0 Å². The van der Waals surface area contributed by atoms with E-state index in [9.17, 15) is 13.2 Å². The number of carbonyl (C=O) groups is 1. The van der Waals surface area contributed by atoms with Gasteiger partial charge in [0.25, 0.3) is 5.91 Å². The van der Waals surface area contributed by atoms with Gasteiger partial charge in [0, 0.05) is 30.7 Å². The van der Waals surface area contributed by atoms with Crippen LogP contribution >= 0.6 is 27.5 Å². The minimum atomic E-state index is -3.79. The Morgan fingerprint density at radius 3 is 2.44 bits per heavy atom. The third kappa shape index (κ3) is 4.01. The standard InChI is InChI=1S/C18H15BrClN3O3S/c19-14-5-6-16(20)15(11-14)18(24)22-7-9-23(10-8-22)27(25,26)17-4-2-1-3-13(17)12-21/h1-6,11H,7-10H2. The number of nitriles is 1. The van der Waals surface area contributed by atoms with Crippen LogP contribution in [0.15, 0.2) is 51.8 Å². The molecule has 0 unspecified atom stereocenters. The summed E-state index contributed by atoms with van der Waals surface area (Å²) in [5.74, 6) is -0.240. The molecular weight excluding hydrogens is 454 g/mol.